The van der Waals surface area contributed by atoms with Crippen LogP contribution in [0.4, 0.5) is 0 Å². The summed E-state index contributed by atoms with van der Waals surface area (Å²) in [4.78, 5) is 11.4. The molecule has 12 heavy (non-hydrogen) atoms. The van der Waals surface area contributed by atoms with E-state index in [-0.39, 0.29) is 5.78 Å². The molecule has 0 rings (SSSR count). The van der Waals surface area contributed by atoms with E-state index in [0.29, 0.717) is 0 Å². The molecule has 3 N–H and O–H groups in total. The van der Waals surface area contributed by atoms with E-state index in [1.165, 1.54) is 6.08 Å². The maximum atomic E-state index is 11.4. The SMILES string of the molecule is CN/C=C/C(=O)C(C)(NC)NC. The summed E-state index contributed by atoms with van der Waals surface area (Å²) in [6, 6.07) is 0. The molecular weight excluding hydrogens is 154 g/mol. The van der Waals surface area contributed by atoms with Crippen LogP contribution in [0.2, 0.25) is 0 Å². The first-order valence-electron chi connectivity index (χ1n) is 3.86. The van der Waals surface area contributed by atoms with Crippen LogP contribution < -0.4 is 16.0 Å². The molecule has 0 radical (unpaired) electrons. The molecule has 0 atom stereocenters. The van der Waals surface area contributed by atoms with Crippen LogP contribution in [0, 0.1) is 0 Å². The highest BCUT2D eigenvalue weighted by atomic mass is 16.1. The maximum Gasteiger partial charge on any atom is 0.191 e. The predicted octanol–water partition coefficient (Wildman–Crippen LogP) is -0.556. The number of carbonyl (C=O) groups is 1. The minimum atomic E-state index is -0.673. The van der Waals surface area contributed by atoms with Crippen molar-refractivity contribution in [3.8, 4) is 0 Å². The molecule has 0 aliphatic carbocycles. The normalized spacial score (nSPS) is 12.0. The topological polar surface area (TPSA) is 53.2 Å². The van der Waals surface area contributed by atoms with E-state index in [1.807, 2.05) is 0 Å². The highest BCUT2D eigenvalue weighted by molar-refractivity contribution is 5.97. The summed E-state index contributed by atoms with van der Waals surface area (Å²) in [7, 11) is 5.23. The van der Waals surface area contributed by atoms with Crippen LogP contribution in [0.1, 0.15) is 6.92 Å². The molecule has 0 saturated carbocycles. The zero-order chi connectivity index (χ0) is 9.61. The first-order chi connectivity index (χ1) is 5.60. The first-order valence-corrected chi connectivity index (χ1v) is 3.86. The van der Waals surface area contributed by atoms with Crippen molar-refractivity contribution >= 4 is 5.78 Å². The minimum absolute atomic E-state index is 0.0122. The third kappa shape index (κ3) is 2.64. The molecule has 4 nitrogen and oxygen atoms in total. The Labute approximate surface area is 73.4 Å². The summed E-state index contributed by atoms with van der Waals surface area (Å²) in [5.74, 6) is -0.0122. The molecule has 0 spiro atoms. The van der Waals surface area contributed by atoms with Crippen LogP contribution >= 0.6 is 0 Å². The van der Waals surface area contributed by atoms with Gasteiger partial charge in [0.15, 0.2) is 5.78 Å². The third-order valence-corrected chi connectivity index (χ3v) is 1.89. The summed E-state index contributed by atoms with van der Waals surface area (Å²) in [6.45, 7) is 1.79. The lowest BCUT2D eigenvalue weighted by molar-refractivity contribution is -0.120. The summed E-state index contributed by atoms with van der Waals surface area (Å²) >= 11 is 0. The number of rotatable bonds is 5. The van der Waals surface area contributed by atoms with E-state index in [0.717, 1.165) is 0 Å². The van der Waals surface area contributed by atoms with Gasteiger partial charge in [-0.2, -0.15) is 0 Å². The molecule has 0 bridgehead atoms. The van der Waals surface area contributed by atoms with Gasteiger partial charge >= 0.3 is 0 Å². The molecule has 0 aromatic rings. The Morgan fingerprint density at radius 2 is 1.75 bits per heavy atom. The lowest BCUT2D eigenvalue weighted by atomic mass is 10.1. The Morgan fingerprint density at radius 3 is 2.08 bits per heavy atom. The molecule has 0 aromatic heterocycles. The zero-order valence-corrected chi connectivity index (χ0v) is 8.06. The molecule has 0 aliphatic heterocycles. The number of ketones is 1. The van der Waals surface area contributed by atoms with Crippen molar-refractivity contribution in [3.05, 3.63) is 12.3 Å². The van der Waals surface area contributed by atoms with Gasteiger partial charge in [0.25, 0.3) is 0 Å². The Morgan fingerprint density at radius 1 is 1.25 bits per heavy atom. The van der Waals surface area contributed by atoms with E-state index in [2.05, 4.69) is 16.0 Å². The number of nitrogens with one attached hydrogen (secondary N) is 3. The predicted molar refractivity (Wildman–Crippen MR) is 49.7 cm³/mol. The van der Waals surface area contributed by atoms with Crippen LogP contribution in [0.5, 0.6) is 0 Å². The van der Waals surface area contributed by atoms with Gasteiger partial charge in [0.05, 0.1) is 0 Å². The van der Waals surface area contributed by atoms with Gasteiger partial charge < -0.3 is 5.32 Å². The molecule has 0 saturated heterocycles. The van der Waals surface area contributed by atoms with Crippen molar-refractivity contribution in [1.29, 1.82) is 0 Å². The fraction of sp³-hybridized carbons (Fsp3) is 0.625. The summed E-state index contributed by atoms with van der Waals surface area (Å²) in [6.07, 6.45) is 3.10. The Kier molecular flexibility index (Phi) is 4.54. The van der Waals surface area contributed by atoms with Crippen molar-refractivity contribution in [2.45, 2.75) is 12.6 Å². The number of hydrogen-bond acceptors (Lipinski definition) is 4. The quantitative estimate of drug-likeness (QED) is 0.383. The van der Waals surface area contributed by atoms with Gasteiger partial charge in [-0.25, -0.2) is 0 Å². The molecule has 70 valence electrons. The van der Waals surface area contributed by atoms with Crippen LogP contribution in [0.3, 0.4) is 0 Å². The van der Waals surface area contributed by atoms with Crippen molar-refractivity contribution in [2.24, 2.45) is 0 Å². The van der Waals surface area contributed by atoms with E-state index in [9.17, 15) is 4.79 Å². The third-order valence-electron chi connectivity index (χ3n) is 1.89. The molecule has 0 amide bonds. The van der Waals surface area contributed by atoms with Crippen LogP contribution in [-0.2, 0) is 4.79 Å². The number of hydrogen-bond donors (Lipinski definition) is 3. The van der Waals surface area contributed by atoms with Crippen LogP contribution in [0.15, 0.2) is 12.3 Å². The highest BCUT2D eigenvalue weighted by Crippen LogP contribution is 1.99. The molecule has 0 heterocycles. The second-order valence-electron chi connectivity index (χ2n) is 2.61. The molecular formula is C8H17N3O. The monoisotopic (exact) mass is 171 g/mol. The fourth-order valence-electron chi connectivity index (χ4n) is 0.697. The van der Waals surface area contributed by atoms with Gasteiger partial charge in [-0.1, -0.05) is 0 Å². The Bertz CT molecular complexity index is 173. The molecule has 4 heteroatoms. The van der Waals surface area contributed by atoms with Gasteiger partial charge in [-0.05, 0) is 27.2 Å². The van der Waals surface area contributed by atoms with E-state index in [1.54, 1.807) is 34.3 Å². The first kappa shape index (κ1) is 11.1. The average Bonchev–Trinajstić information content (AvgIpc) is 2.12. The molecule has 0 aromatic carbocycles. The van der Waals surface area contributed by atoms with Crippen molar-refractivity contribution in [1.82, 2.24) is 16.0 Å². The minimum Gasteiger partial charge on any atom is -0.394 e. The largest absolute Gasteiger partial charge is 0.394 e. The van der Waals surface area contributed by atoms with E-state index >= 15 is 0 Å². The summed E-state index contributed by atoms with van der Waals surface area (Å²) < 4.78 is 0. The smallest absolute Gasteiger partial charge is 0.191 e. The number of carbonyl (C=O) groups excluding carboxylic acids is 1. The van der Waals surface area contributed by atoms with Gasteiger partial charge in [-0.3, -0.25) is 15.4 Å². The van der Waals surface area contributed by atoms with Crippen molar-refractivity contribution < 1.29 is 4.79 Å². The maximum absolute atomic E-state index is 11.4. The summed E-state index contributed by atoms with van der Waals surface area (Å²) in [5.41, 5.74) is -0.673. The Balaban J connectivity index is 4.32. The Hall–Kier alpha value is -0.870. The molecule has 0 aliphatic rings. The second kappa shape index (κ2) is 4.90. The fourth-order valence-corrected chi connectivity index (χ4v) is 0.697. The lowest BCUT2D eigenvalue weighted by Crippen LogP contribution is -2.56. The summed E-state index contributed by atoms with van der Waals surface area (Å²) in [5, 5.41) is 8.56. The molecule has 0 fully saturated rings. The average molecular weight is 171 g/mol. The number of likely N-dealkylation sites (N-methyl/N-ethyl adjacent to an activating group) is 2. The van der Waals surface area contributed by atoms with Crippen LogP contribution in [0.25, 0.3) is 0 Å². The standard InChI is InChI=1S/C8H17N3O/c1-8(10-3,11-4)7(12)5-6-9-2/h5-6,9-11H,1-4H3/b6-5+. The van der Waals surface area contributed by atoms with Crippen molar-refractivity contribution in [2.75, 3.05) is 21.1 Å². The van der Waals surface area contributed by atoms with Crippen LogP contribution in [-0.4, -0.2) is 32.6 Å². The van der Waals surface area contributed by atoms with E-state index < -0.39 is 5.66 Å². The van der Waals surface area contributed by atoms with Gasteiger partial charge in [-0.15, -0.1) is 0 Å². The zero-order valence-electron chi connectivity index (χ0n) is 8.06. The van der Waals surface area contributed by atoms with Gasteiger partial charge in [0.1, 0.15) is 5.66 Å². The second-order valence-corrected chi connectivity index (χ2v) is 2.61. The molecule has 0 unspecified atom stereocenters. The van der Waals surface area contributed by atoms with E-state index in [4.69, 9.17) is 0 Å². The van der Waals surface area contributed by atoms with Crippen molar-refractivity contribution in [3.63, 3.8) is 0 Å². The highest BCUT2D eigenvalue weighted by Gasteiger charge is 2.26. The van der Waals surface area contributed by atoms with Gasteiger partial charge in [0.2, 0.25) is 0 Å². The van der Waals surface area contributed by atoms with Gasteiger partial charge in [0, 0.05) is 13.1 Å². The lowest BCUT2D eigenvalue weighted by Gasteiger charge is -2.25.